The zero-order valence-electron chi connectivity index (χ0n) is 15.4. The third kappa shape index (κ3) is 5.43. The van der Waals surface area contributed by atoms with E-state index in [2.05, 4.69) is 15.9 Å². The van der Waals surface area contributed by atoms with Crippen molar-refractivity contribution in [1.29, 1.82) is 0 Å². The number of benzene rings is 1. The van der Waals surface area contributed by atoms with Crippen molar-refractivity contribution in [3.63, 3.8) is 0 Å². The molecule has 1 aliphatic rings. The number of carbonyl (C=O) groups is 2. The van der Waals surface area contributed by atoms with Gasteiger partial charge >= 0.3 is 6.09 Å². The monoisotopic (exact) mass is 461 g/mol. The summed E-state index contributed by atoms with van der Waals surface area (Å²) in [5.74, 6) is -0.277. The molecule has 0 aliphatic carbocycles. The van der Waals surface area contributed by atoms with Crippen molar-refractivity contribution in [2.24, 2.45) is 0 Å². The first-order valence-electron chi connectivity index (χ1n) is 8.74. The van der Waals surface area contributed by atoms with Crippen molar-refractivity contribution in [2.75, 3.05) is 45.9 Å². The van der Waals surface area contributed by atoms with Crippen LogP contribution in [-0.2, 0) is 19.6 Å². The topological polar surface area (TPSA) is 87.2 Å². The molecule has 1 aromatic rings. The van der Waals surface area contributed by atoms with Crippen LogP contribution >= 0.6 is 15.9 Å². The fourth-order valence-electron chi connectivity index (χ4n) is 2.73. The third-order valence-corrected chi connectivity index (χ3v) is 6.74. The molecule has 1 aromatic carbocycles. The fraction of sp³-hybridized carbons (Fsp3) is 0.529. The summed E-state index contributed by atoms with van der Waals surface area (Å²) in [6.45, 7) is 5.15. The maximum atomic E-state index is 12.8. The van der Waals surface area contributed by atoms with Crippen molar-refractivity contribution in [1.82, 2.24) is 14.1 Å². The number of piperazine rings is 1. The number of hydrogen-bond acceptors (Lipinski definition) is 5. The average molecular weight is 462 g/mol. The number of amides is 2. The summed E-state index contributed by atoms with van der Waals surface area (Å²) in [4.78, 5) is 27.6. The number of hydrogen-bond donors (Lipinski definition) is 0. The molecule has 27 heavy (non-hydrogen) atoms. The van der Waals surface area contributed by atoms with Gasteiger partial charge in [-0.25, -0.2) is 13.2 Å². The maximum absolute atomic E-state index is 12.8. The molecule has 0 spiro atoms. The lowest BCUT2D eigenvalue weighted by Gasteiger charge is -2.35. The Kier molecular flexibility index (Phi) is 7.63. The number of nitrogens with zero attached hydrogens (tertiary/aromatic N) is 3. The van der Waals surface area contributed by atoms with Gasteiger partial charge in [0.1, 0.15) is 0 Å². The molecule has 2 amide bonds. The number of carbonyl (C=O) groups excluding carboxylic acids is 2. The molecule has 0 aromatic heterocycles. The second kappa shape index (κ2) is 9.52. The zero-order valence-corrected chi connectivity index (χ0v) is 17.8. The van der Waals surface area contributed by atoms with E-state index in [-0.39, 0.29) is 23.9 Å². The van der Waals surface area contributed by atoms with Crippen molar-refractivity contribution < 1.29 is 22.7 Å². The number of rotatable bonds is 6. The normalized spacial score (nSPS) is 15.1. The van der Waals surface area contributed by atoms with Crippen LogP contribution in [0.1, 0.15) is 13.8 Å². The lowest BCUT2D eigenvalue weighted by atomic mass is 10.3. The number of halogens is 1. The lowest BCUT2D eigenvalue weighted by molar-refractivity contribution is -0.133. The highest BCUT2D eigenvalue weighted by Crippen LogP contribution is 2.19. The first kappa shape index (κ1) is 21.6. The molecule has 0 saturated carbocycles. The van der Waals surface area contributed by atoms with Crippen LogP contribution in [0.3, 0.4) is 0 Å². The molecule has 1 fully saturated rings. The molecule has 1 heterocycles. The SMILES string of the molecule is CCOC(=O)N1CCN(C(=O)CN(CC)S(=O)(=O)c2ccc(Br)cc2)CC1. The Hall–Kier alpha value is -1.65. The maximum Gasteiger partial charge on any atom is 0.409 e. The van der Waals surface area contributed by atoms with Gasteiger partial charge in [-0.05, 0) is 31.2 Å². The molecule has 0 N–H and O–H groups in total. The van der Waals surface area contributed by atoms with Gasteiger partial charge in [0.05, 0.1) is 18.0 Å². The molecule has 1 saturated heterocycles. The van der Waals surface area contributed by atoms with Crippen LogP contribution in [0, 0.1) is 0 Å². The van der Waals surface area contributed by atoms with Crippen molar-refractivity contribution >= 4 is 38.0 Å². The summed E-state index contributed by atoms with van der Waals surface area (Å²) >= 11 is 3.28. The van der Waals surface area contributed by atoms with Gasteiger partial charge in [0.25, 0.3) is 0 Å². The van der Waals surface area contributed by atoms with Crippen LogP contribution in [-0.4, -0.2) is 80.4 Å². The molecule has 8 nitrogen and oxygen atoms in total. The molecule has 0 radical (unpaired) electrons. The van der Waals surface area contributed by atoms with Gasteiger partial charge < -0.3 is 14.5 Å². The van der Waals surface area contributed by atoms with Gasteiger partial charge in [-0.1, -0.05) is 22.9 Å². The van der Waals surface area contributed by atoms with Crippen molar-refractivity contribution in [3.8, 4) is 0 Å². The molecule has 1 aliphatic heterocycles. The van der Waals surface area contributed by atoms with Gasteiger partial charge in [-0.15, -0.1) is 0 Å². The van der Waals surface area contributed by atoms with E-state index in [0.717, 1.165) is 8.78 Å². The summed E-state index contributed by atoms with van der Waals surface area (Å²) in [7, 11) is -3.75. The van der Waals surface area contributed by atoms with Crippen molar-refractivity contribution in [3.05, 3.63) is 28.7 Å². The van der Waals surface area contributed by atoms with E-state index in [9.17, 15) is 18.0 Å². The largest absolute Gasteiger partial charge is 0.450 e. The average Bonchev–Trinajstić information content (AvgIpc) is 2.66. The molecule has 0 bridgehead atoms. The highest BCUT2D eigenvalue weighted by molar-refractivity contribution is 9.10. The van der Waals surface area contributed by atoms with Gasteiger partial charge in [-0.2, -0.15) is 4.31 Å². The predicted molar refractivity (Wildman–Crippen MR) is 104 cm³/mol. The second-order valence-electron chi connectivity index (χ2n) is 5.95. The van der Waals surface area contributed by atoms with E-state index in [4.69, 9.17) is 4.74 Å². The summed E-state index contributed by atoms with van der Waals surface area (Å²) in [6.07, 6.45) is -0.391. The minimum absolute atomic E-state index is 0.146. The minimum atomic E-state index is -3.75. The van der Waals surface area contributed by atoms with Crippen LogP contribution < -0.4 is 0 Å². The Morgan fingerprint density at radius 3 is 2.15 bits per heavy atom. The molecular weight excluding hydrogens is 438 g/mol. The highest BCUT2D eigenvalue weighted by atomic mass is 79.9. The standard InChI is InChI=1S/C17H24BrN3O5S/c1-3-21(27(24,25)15-7-5-14(18)6-8-15)13-16(22)19-9-11-20(12-10-19)17(23)26-4-2/h5-8H,3-4,9-13H2,1-2H3. The summed E-state index contributed by atoms with van der Waals surface area (Å²) in [6, 6.07) is 6.31. The third-order valence-electron chi connectivity index (χ3n) is 4.27. The fourth-order valence-corrected chi connectivity index (χ4v) is 4.39. The quantitative estimate of drug-likeness (QED) is 0.643. The van der Waals surface area contributed by atoms with Gasteiger partial charge in [0, 0.05) is 37.2 Å². The first-order chi connectivity index (χ1) is 12.8. The molecule has 0 atom stereocenters. The van der Waals surface area contributed by atoms with E-state index in [0.29, 0.717) is 32.8 Å². The lowest BCUT2D eigenvalue weighted by Crippen LogP contribution is -2.53. The van der Waals surface area contributed by atoms with Gasteiger partial charge in [-0.3, -0.25) is 4.79 Å². The van der Waals surface area contributed by atoms with Crippen LogP contribution in [0.15, 0.2) is 33.6 Å². The second-order valence-corrected chi connectivity index (χ2v) is 8.81. The van der Waals surface area contributed by atoms with E-state index < -0.39 is 16.1 Å². The summed E-state index contributed by atoms with van der Waals surface area (Å²) in [5, 5.41) is 0. The zero-order chi connectivity index (χ0) is 20.0. The van der Waals surface area contributed by atoms with Crippen LogP contribution in [0.25, 0.3) is 0 Å². The molecule has 2 rings (SSSR count). The van der Waals surface area contributed by atoms with E-state index >= 15 is 0 Å². The van der Waals surface area contributed by atoms with E-state index in [1.807, 2.05) is 0 Å². The molecule has 150 valence electrons. The minimum Gasteiger partial charge on any atom is -0.450 e. The Balaban J connectivity index is 1.99. The van der Waals surface area contributed by atoms with Crippen molar-refractivity contribution in [2.45, 2.75) is 18.7 Å². The van der Waals surface area contributed by atoms with E-state index in [1.165, 1.54) is 12.1 Å². The summed E-state index contributed by atoms with van der Waals surface area (Å²) < 4.78 is 32.4. The highest BCUT2D eigenvalue weighted by Gasteiger charge is 2.29. The number of likely N-dealkylation sites (N-methyl/N-ethyl adjacent to an activating group) is 1. The smallest absolute Gasteiger partial charge is 0.409 e. The van der Waals surface area contributed by atoms with Crippen LogP contribution in [0.2, 0.25) is 0 Å². The Morgan fingerprint density at radius 1 is 1.07 bits per heavy atom. The Bertz CT molecular complexity index is 761. The molecular formula is C17H24BrN3O5S. The van der Waals surface area contributed by atoms with E-state index in [1.54, 1.807) is 35.8 Å². The molecule has 0 unspecified atom stereocenters. The van der Waals surface area contributed by atoms with Gasteiger partial charge in [0.2, 0.25) is 15.9 Å². The predicted octanol–water partition coefficient (Wildman–Crippen LogP) is 1.76. The Morgan fingerprint density at radius 2 is 1.63 bits per heavy atom. The molecule has 10 heteroatoms. The number of sulfonamides is 1. The summed E-state index contributed by atoms with van der Waals surface area (Å²) in [5.41, 5.74) is 0. The van der Waals surface area contributed by atoms with Crippen LogP contribution in [0.4, 0.5) is 4.79 Å². The number of ether oxygens (including phenoxy) is 1. The van der Waals surface area contributed by atoms with Crippen LogP contribution in [0.5, 0.6) is 0 Å². The first-order valence-corrected chi connectivity index (χ1v) is 11.0. The van der Waals surface area contributed by atoms with Gasteiger partial charge in [0.15, 0.2) is 0 Å². The Labute approximate surface area is 168 Å².